The fourth-order valence-electron chi connectivity index (χ4n) is 5.34. The van der Waals surface area contributed by atoms with Crippen LogP contribution in [0.4, 0.5) is 4.79 Å². The lowest BCUT2D eigenvalue weighted by Gasteiger charge is -2.34. The summed E-state index contributed by atoms with van der Waals surface area (Å²) in [6.45, 7) is 5.61. The summed E-state index contributed by atoms with van der Waals surface area (Å²) in [6, 6.07) is 14.8. The molecule has 2 aromatic rings. The van der Waals surface area contributed by atoms with Gasteiger partial charge in [-0.2, -0.15) is 4.31 Å². The molecule has 11 heteroatoms. The second-order valence-electron chi connectivity index (χ2n) is 10.9. The largest absolute Gasteiger partial charge is 0.497 e. The normalized spacial score (nSPS) is 22.5. The van der Waals surface area contributed by atoms with E-state index in [-0.39, 0.29) is 29.9 Å². The molecule has 2 fully saturated rings. The van der Waals surface area contributed by atoms with Gasteiger partial charge < -0.3 is 30.0 Å². The van der Waals surface area contributed by atoms with Crippen LogP contribution < -0.4 is 15.4 Å². The van der Waals surface area contributed by atoms with E-state index in [0.29, 0.717) is 31.3 Å². The summed E-state index contributed by atoms with van der Waals surface area (Å²) in [5.74, 6) is 0.844. The summed E-state index contributed by atoms with van der Waals surface area (Å²) in [5.41, 5.74) is 0.888. The maximum atomic E-state index is 13.6. The first-order chi connectivity index (χ1) is 19.2. The van der Waals surface area contributed by atoms with Crippen LogP contribution in [0, 0.1) is 11.8 Å². The molecule has 1 amide bonds. The summed E-state index contributed by atoms with van der Waals surface area (Å²) >= 11 is 0. The molecular weight excluding hydrogens is 534 g/mol. The van der Waals surface area contributed by atoms with Gasteiger partial charge in [-0.3, -0.25) is 0 Å². The summed E-state index contributed by atoms with van der Waals surface area (Å²) in [6.07, 6.45) is -1.06. The Hall–Kier alpha value is -2.70. The van der Waals surface area contributed by atoms with Gasteiger partial charge in [0, 0.05) is 19.0 Å². The summed E-state index contributed by atoms with van der Waals surface area (Å²) in [5, 5.41) is 17.6. The van der Waals surface area contributed by atoms with E-state index >= 15 is 0 Å². The maximum Gasteiger partial charge on any atom is 0.407 e. The number of sulfonamides is 1. The monoisotopic (exact) mass is 575 g/mol. The first-order valence-corrected chi connectivity index (χ1v) is 15.3. The molecule has 220 valence electrons. The third-order valence-electron chi connectivity index (χ3n) is 7.40. The molecule has 10 nitrogen and oxygen atoms in total. The number of hydrogen-bond donors (Lipinski definition) is 3. The first-order valence-electron chi connectivity index (χ1n) is 13.8. The number of nitrogens with one attached hydrogen (secondary N) is 2. The Morgan fingerprint density at radius 2 is 1.85 bits per heavy atom. The highest BCUT2D eigenvalue weighted by Crippen LogP contribution is 2.25. The lowest BCUT2D eigenvalue weighted by molar-refractivity contribution is -0.0551. The van der Waals surface area contributed by atoms with E-state index < -0.39 is 34.4 Å². The van der Waals surface area contributed by atoms with Crippen LogP contribution in [0.2, 0.25) is 0 Å². The highest BCUT2D eigenvalue weighted by Gasteiger charge is 2.40. The molecule has 2 aliphatic rings. The molecule has 2 heterocycles. The lowest BCUT2D eigenvalue weighted by Crippen LogP contribution is -2.54. The maximum absolute atomic E-state index is 13.6. The van der Waals surface area contributed by atoms with Crippen molar-refractivity contribution in [2.75, 3.05) is 40.0 Å². The molecule has 5 atom stereocenters. The van der Waals surface area contributed by atoms with E-state index in [0.717, 1.165) is 18.5 Å². The summed E-state index contributed by atoms with van der Waals surface area (Å²) in [4.78, 5) is 13.2. The van der Waals surface area contributed by atoms with E-state index in [9.17, 15) is 18.3 Å². The SMILES string of the molecule is COc1ccc(S(=O)(=O)N(CC(C)C)C[C@H](O)[C@@H](Cc2ccccc2)NC(=O)OC2COCC3CCNC32)cc1. The molecular formula is C29H41N3O7S. The van der Waals surface area contributed by atoms with E-state index in [1.54, 1.807) is 12.1 Å². The zero-order valence-electron chi connectivity index (χ0n) is 23.4. The minimum atomic E-state index is -3.93. The van der Waals surface area contributed by atoms with Crippen molar-refractivity contribution < 1.29 is 32.5 Å². The van der Waals surface area contributed by atoms with Gasteiger partial charge in [0.05, 0.1) is 43.4 Å². The van der Waals surface area contributed by atoms with Crippen molar-refractivity contribution in [3.63, 3.8) is 0 Å². The van der Waals surface area contributed by atoms with Gasteiger partial charge in [0.15, 0.2) is 0 Å². The Morgan fingerprint density at radius 1 is 1.12 bits per heavy atom. The van der Waals surface area contributed by atoms with Crippen molar-refractivity contribution >= 4 is 16.1 Å². The predicted octanol–water partition coefficient (Wildman–Crippen LogP) is 2.42. The van der Waals surface area contributed by atoms with Crippen molar-refractivity contribution in [1.82, 2.24) is 14.9 Å². The van der Waals surface area contributed by atoms with Crippen LogP contribution >= 0.6 is 0 Å². The minimum Gasteiger partial charge on any atom is -0.497 e. The second kappa shape index (κ2) is 13.8. The van der Waals surface area contributed by atoms with Gasteiger partial charge in [0.25, 0.3) is 0 Å². The Bertz CT molecular complexity index is 1190. The van der Waals surface area contributed by atoms with Gasteiger partial charge >= 0.3 is 6.09 Å². The number of aliphatic hydroxyl groups excluding tert-OH is 1. The number of carbonyl (C=O) groups excluding carboxylic acids is 1. The fourth-order valence-corrected chi connectivity index (χ4v) is 6.96. The standard InChI is InChI=1S/C29H41N3O7S/c1-20(2)16-32(40(35,36)24-11-9-23(37-3)10-12-24)17-26(33)25(15-21-7-5-4-6-8-21)31-29(34)39-27-19-38-18-22-13-14-30-28(22)27/h4-12,20,22,25-28,30,33H,13-19H2,1-3H3,(H,31,34)/t22?,25-,26+,27?,28?/m1/s1. The van der Waals surface area contributed by atoms with E-state index in [1.165, 1.54) is 23.5 Å². The molecule has 40 heavy (non-hydrogen) atoms. The van der Waals surface area contributed by atoms with E-state index in [1.807, 2.05) is 44.2 Å². The summed E-state index contributed by atoms with van der Waals surface area (Å²) in [7, 11) is -2.42. The Balaban J connectivity index is 1.51. The lowest BCUT2D eigenvalue weighted by atomic mass is 9.95. The van der Waals surface area contributed by atoms with Crippen LogP contribution in [0.5, 0.6) is 5.75 Å². The fraction of sp³-hybridized carbons (Fsp3) is 0.552. The van der Waals surface area contributed by atoms with Crippen LogP contribution in [-0.2, 0) is 25.9 Å². The van der Waals surface area contributed by atoms with Gasteiger partial charge in [-0.1, -0.05) is 44.2 Å². The predicted molar refractivity (Wildman–Crippen MR) is 151 cm³/mol. The number of benzene rings is 2. The highest BCUT2D eigenvalue weighted by molar-refractivity contribution is 7.89. The van der Waals surface area contributed by atoms with Crippen molar-refractivity contribution in [2.45, 2.75) is 55.9 Å². The Labute approximate surface area is 237 Å². The van der Waals surface area contributed by atoms with Crippen molar-refractivity contribution in [3.05, 3.63) is 60.2 Å². The molecule has 0 aromatic heterocycles. The smallest absolute Gasteiger partial charge is 0.407 e. The van der Waals surface area contributed by atoms with E-state index in [4.69, 9.17) is 14.2 Å². The number of methoxy groups -OCH3 is 1. The van der Waals surface area contributed by atoms with Gasteiger partial charge in [0.2, 0.25) is 10.0 Å². The van der Waals surface area contributed by atoms with Gasteiger partial charge in [0.1, 0.15) is 11.9 Å². The van der Waals surface area contributed by atoms with Crippen LogP contribution in [0.15, 0.2) is 59.5 Å². The highest BCUT2D eigenvalue weighted by atomic mass is 32.2. The van der Waals surface area contributed by atoms with Crippen molar-refractivity contribution in [2.24, 2.45) is 11.8 Å². The van der Waals surface area contributed by atoms with Gasteiger partial charge in [-0.25, -0.2) is 13.2 Å². The molecule has 3 unspecified atom stereocenters. The zero-order valence-corrected chi connectivity index (χ0v) is 24.2. The van der Waals surface area contributed by atoms with Crippen LogP contribution in [0.25, 0.3) is 0 Å². The molecule has 0 saturated carbocycles. The molecule has 2 saturated heterocycles. The number of carbonyl (C=O) groups is 1. The Kier molecular flexibility index (Phi) is 10.4. The number of hydrogen-bond acceptors (Lipinski definition) is 8. The Morgan fingerprint density at radius 3 is 2.52 bits per heavy atom. The topological polar surface area (TPSA) is 126 Å². The number of fused-ring (bicyclic) bond motifs is 1. The minimum absolute atomic E-state index is 0.00359. The molecule has 2 aromatic carbocycles. The van der Waals surface area contributed by atoms with Crippen LogP contribution in [-0.4, -0.2) is 88.2 Å². The third kappa shape index (κ3) is 7.73. The van der Waals surface area contributed by atoms with Gasteiger partial charge in [-0.15, -0.1) is 0 Å². The van der Waals surface area contributed by atoms with Crippen LogP contribution in [0.3, 0.4) is 0 Å². The van der Waals surface area contributed by atoms with Crippen LogP contribution in [0.1, 0.15) is 25.8 Å². The third-order valence-corrected chi connectivity index (χ3v) is 9.24. The number of rotatable bonds is 12. The molecule has 3 N–H and O–H groups in total. The molecule has 0 radical (unpaired) electrons. The number of alkyl carbamates (subject to hydrolysis) is 1. The molecule has 0 aliphatic carbocycles. The number of amides is 1. The number of ether oxygens (including phenoxy) is 3. The molecule has 4 rings (SSSR count). The summed E-state index contributed by atoms with van der Waals surface area (Å²) < 4.78 is 45.1. The first kappa shape index (κ1) is 30.3. The number of nitrogens with zero attached hydrogens (tertiary/aromatic N) is 1. The average molecular weight is 576 g/mol. The quantitative estimate of drug-likeness (QED) is 0.352. The zero-order chi connectivity index (χ0) is 28.7. The average Bonchev–Trinajstić information content (AvgIpc) is 3.43. The van der Waals surface area contributed by atoms with Gasteiger partial charge in [-0.05, 0) is 55.1 Å². The molecule has 0 bridgehead atoms. The van der Waals surface area contributed by atoms with Crippen molar-refractivity contribution in [1.29, 1.82) is 0 Å². The van der Waals surface area contributed by atoms with E-state index in [2.05, 4.69) is 10.6 Å². The molecule has 0 spiro atoms. The second-order valence-corrected chi connectivity index (χ2v) is 12.8. The molecule has 2 aliphatic heterocycles. The number of aliphatic hydroxyl groups is 1. The van der Waals surface area contributed by atoms with Crippen molar-refractivity contribution in [3.8, 4) is 5.75 Å².